The summed E-state index contributed by atoms with van der Waals surface area (Å²) in [5, 5.41) is 1.13. The smallest absolute Gasteiger partial charge is 0.258 e. The molecule has 2 rings (SSSR count). The number of carbonyl (C=O) groups excluding carboxylic acids is 2. The number of rotatable bonds is 1. The molecule has 0 aromatic heterocycles. The molecule has 0 bridgehead atoms. The van der Waals surface area contributed by atoms with Crippen LogP contribution in [0.5, 0.6) is 0 Å². The fourth-order valence-electron chi connectivity index (χ4n) is 1.35. The van der Waals surface area contributed by atoms with Gasteiger partial charge in [-0.25, -0.2) is 9.40 Å². The number of nitrogens with zero attached hydrogens (tertiary/aromatic N) is 1. The number of benzene rings is 1. The fourth-order valence-corrected chi connectivity index (χ4v) is 1.35. The highest BCUT2D eigenvalue weighted by Crippen LogP contribution is 2.19. The van der Waals surface area contributed by atoms with E-state index in [2.05, 4.69) is 5.43 Å². The molecule has 1 N–H and O–H groups in total. The molecule has 1 heterocycles. The van der Waals surface area contributed by atoms with Crippen LogP contribution < -0.4 is 10.4 Å². The summed E-state index contributed by atoms with van der Waals surface area (Å²) in [5.41, 5.74) is 2.87. The quantitative estimate of drug-likeness (QED) is 0.695. The Bertz CT molecular complexity index is 416. The van der Waals surface area contributed by atoms with Crippen molar-refractivity contribution in [1.29, 1.82) is 0 Å². The van der Waals surface area contributed by atoms with Gasteiger partial charge in [0.05, 0.1) is 5.69 Å². The lowest BCUT2D eigenvalue weighted by atomic mass is 10.2. The van der Waals surface area contributed by atoms with E-state index in [0.29, 0.717) is 5.69 Å². The maximum Gasteiger partial charge on any atom is 0.258 e. The summed E-state index contributed by atoms with van der Waals surface area (Å²) >= 11 is 0. The lowest BCUT2D eigenvalue weighted by molar-refractivity contribution is -0.126. The molecule has 1 atom stereocenters. The van der Waals surface area contributed by atoms with Gasteiger partial charge in [-0.3, -0.25) is 15.0 Å². The zero-order chi connectivity index (χ0) is 11.0. The molecule has 1 fully saturated rings. The Morgan fingerprint density at radius 1 is 1.27 bits per heavy atom. The predicted octanol–water partition coefficient (Wildman–Crippen LogP) is 0.840. The van der Waals surface area contributed by atoms with Crippen molar-refractivity contribution in [2.45, 2.75) is 6.92 Å². The van der Waals surface area contributed by atoms with E-state index in [0.717, 1.165) is 5.01 Å². The molecule has 1 aromatic rings. The Kier molecular flexibility index (Phi) is 2.15. The third-order valence-electron chi connectivity index (χ3n) is 2.29. The number of hydrogen-bond donors (Lipinski definition) is 1. The topological polar surface area (TPSA) is 49.4 Å². The largest absolute Gasteiger partial charge is 0.272 e. The minimum atomic E-state index is -0.685. The van der Waals surface area contributed by atoms with E-state index in [4.69, 9.17) is 0 Å². The zero-order valence-corrected chi connectivity index (χ0v) is 8.03. The van der Waals surface area contributed by atoms with Gasteiger partial charge in [0.2, 0.25) is 0 Å². The van der Waals surface area contributed by atoms with Gasteiger partial charge in [-0.2, -0.15) is 0 Å². The van der Waals surface area contributed by atoms with Crippen molar-refractivity contribution < 1.29 is 14.0 Å². The van der Waals surface area contributed by atoms with Crippen LogP contribution in [0.2, 0.25) is 0 Å². The zero-order valence-electron chi connectivity index (χ0n) is 8.03. The van der Waals surface area contributed by atoms with Gasteiger partial charge < -0.3 is 0 Å². The van der Waals surface area contributed by atoms with Gasteiger partial charge in [0.25, 0.3) is 11.8 Å². The van der Waals surface area contributed by atoms with Crippen LogP contribution in [0.15, 0.2) is 24.3 Å². The van der Waals surface area contributed by atoms with Crippen molar-refractivity contribution in [1.82, 2.24) is 5.43 Å². The first-order valence-electron chi connectivity index (χ1n) is 4.49. The minimum Gasteiger partial charge on any atom is -0.272 e. The summed E-state index contributed by atoms with van der Waals surface area (Å²) in [6, 6.07) is 5.34. The molecular formula is C10H9FN2O2. The Labute approximate surface area is 85.7 Å². The fraction of sp³-hybridized carbons (Fsp3) is 0.200. The van der Waals surface area contributed by atoms with E-state index in [1.807, 2.05) is 0 Å². The first-order chi connectivity index (χ1) is 7.09. The van der Waals surface area contributed by atoms with E-state index in [1.54, 1.807) is 0 Å². The molecule has 1 aliphatic rings. The van der Waals surface area contributed by atoms with Crippen molar-refractivity contribution in [2.24, 2.45) is 5.92 Å². The molecule has 78 valence electrons. The molecule has 0 spiro atoms. The van der Waals surface area contributed by atoms with Gasteiger partial charge in [0.1, 0.15) is 11.7 Å². The second-order valence-corrected chi connectivity index (χ2v) is 3.35. The number of hydrogen-bond acceptors (Lipinski definition) is 2. The Morgan fingerprint density at radius 3 is 2.33 bits per heavy atom. The van der Waals surface area contributed by atoms with Crippen LogP contribution >= 0.6 is 0 Å². The van der Waals surface area contributed by atoms with Crippen molar-refractivity contribution in [2.75, 3.05) is 5.01 Å². The molecule has 0 radical (unpaired) electrons. The Hall–Kier alpha value is -1.91. The van der Waals surface area contributed by atoms with E-state index < -0.39 is 5.92 Å². The standard InChI is InChI=1S/C10H9FN2O2/c1-6-9(14)12-13(10(6)15)8-4-2-7(11)3-5-8/h2-6H,1H3,(H,12,14). The lowest BCUT2D eigenvalue weighted by Gasteiger charge is -2.14. The van der Waals surface area contributed by atoms with Gasteiger partial charge in [-0.05, 0) is 31.2 Å². The summed E-state index contributed by atoms with van der Waals surface area (Å²) in [7, 11) is 0. The van der Waals surface area contributed by atoms with Gasteiger partial charge in [0, 0.05) is 0 Å². The molecule has 0 aliphatic carbocycles. The molecule has 5 heteroatoms. The molecule has 1 saturated heterocycles. The van der Waals surface area contributed by atoms with E-state index >= 15 is 0 Å². The van der Waals surface area contributed by atoms with Crippen LogP contribution in [-0.4, -0.2) is 11.8 Å². The van der Waals surface area contributed by atoms with Gasteiger partial charge in [-0.15, -0.1) is 0 Å². The summed E-state index contributed by atoms with van der Waals surface area (Å²) in [6.07, 6.45) is 0. The molecular weight excluding hydrogens is 199 g/mol. The Morgan fingerprint density at radius 2 is 1.87 bits per heavy atom. The first-order valence-corrected chi connectivity index (χ1v) is 4.49. The average molecular weight is 208 g/mol. The van der Waals surface area contributed by atoms with Crippen molar-refractivity contribution in [3.8, 4) is 0 Å². The highest BCUT2D eigenvalue weighted by atomic mass is 19.1. The van der Waals surface area contributed by atoms with Crippen molar-refractivity contribution >= 4 is 17.5 Å². The SMILES string of the molecule is CC1C(=O)NN(c2ccc(F)cc2)C1=O. The van der Waals surface area contributed by atoms with E-state index in [9.17, 15) is 14.0 Å². The normalized spacial score (nSPS) is 20.7. The molecule has 0 saturated carbocycles. The number of nitrogens with one attached hydrogen (secondary N) is 1. The van der Waals surface area contributed by atoms with Crippen molar-refractivity contribution in [3.05, 3.63) is 30.1 Å². The van der Waals surface area contributed by atoms with Crippen LogP contribution in [0.4, 0.5) is 10.1 Å². The van der Waals surface area contributed by atoms with Crippen LogP contribution in [0.25, 0.3) is 0 Å². The summed E-state index contributed by atoms with van der Waals surface area (Å²) in [5.74, 6) is -1.74. The maximum absolute atomic E-state index is 12.6. The van der Waals surface area contributed by atoms with Crippen LogP contribution in [0.1, 0.15) is 6.92 Å². The number of halogens is 1. The first kappa shape index (κ1) is 9.64. The Balaban J connectivity index is 2.29. The summed E-state index contributed by atoms with van der Waals surface area (Å²) in [6.45, 7) is 1.53. The molecule has 4 nitrogen and oxygen atoms in total. The van der Waals surface area contributed by atoms with Crippen LogP contribution in [-0.2, 0) is 9.59 Å². The third-order valence-corrected chi connectivity index (χ3v) is 2.29. The van der Waals surface area contributed by atoms with Crippen molar-refractivity contribution in [3.63, 3.8) is 0 Å². The maximum atomic E-state index is 12.6. The number of amides is 2. The van der Waals surface area contributed by atoms with Gasteiger partial charge >= 0.3 is 0 Å². The molecule has 1 unspecified atom stereocenters. The number of anilines is 1. The second kappa shape index (κ2) is 3.34. The molecule has 1 aliphatic heterocycles. The molecule has 2 amide bonds. The van der Waals surface area contributed by atoms with Gasteiger partial charge in [0.15, 0.2) is 0 Å². The summed E-state index contributed by atoms with van der Waals surface area (Å²) < 4.78 is 12.6. The molecule has 1 aromatic carbocycles. The predicted molar refractivity (Wildman–Crippen MR) is 51.2 cm³/mol. The third kappa shape index (κ3) is 1.56. The van der Waals surface area contributed by atoms with E-state index in [-0.39, 0.29) is 17.6 Å². The van der Waals surface area contributed by atoms with E-state index in [1.165, 1.54) is 31.2 Å². The average Bonchev–Trinajstić information content (AvgIpc) is 2.47. The minimum absolute atomic E-state index is 0.327. The number of hydrazine groups is 1. The lowest BCUT2D eigenvalue weighted by Crippen LogP contribution is -2.35. The van der Waals surface area contributed by atoms with Crippen LogP contribution in [0, 0.1) is 11.7 Å². The van der Waals surface area contributed by atoms with Crippen LogP contribution in [0.3, 0.4) is 0 Å². The summed E-state index contributed by atoms with van der Waals surface area (Å²) in [4.78, 5) is 22.7. The highest BCUT2D eigenvalue weighted by Gasteiger charge is 2.36. The highest BCUT2D eigenvalue weighted by molar-refractivity contribution is 6.14. The second-order valence-electron chi connectivity index (χ2n) is 3.35. The van der Waals surface area contributed by atoms with Gasteiger partial charge in [-0.1, -0.05) is 0 Å². The monoisotopic (exact) mass is 208 g/mol. The molecule has 15 heavy (non-hydrogen) atoms. The number of carbonyl (C=O) groups is 2.